The predicted octanol–water partition coefficient (Wildman–Crippen LogP) is 2.05. The largest absolute Gasteiger partial charge is 0.497 e. The van der Waals surface area contributed by atoms with Gasteiger partial charge in [0.05, 0.1) is 30.5 Å². The molecule has 0 bridgehead atoms. The van der Waals surface area contributed by atoms with Crippen LogP contribution in [0.4, 0.5) is 0 Å². The average Bonchev–Trinajstić information content (AvgIpc) is 2.67. The normalized spacial score (nSPS) is 24.5. The van der Waals surface area contributed by atoms with Crippen LogP contribution in [0.1, 0.15) is 11.5 Å². The Morgan fingerprint density at radius 2 is 1.85 bits per heavy atom. The molecule has 0 spiro atoms. The Balaban J connectivity index is 2.28. The van der Waals surface area contributed by atoms with Crippen LogP contribution in [0.25, 0.3) is 0 Å². The maximum absolute atomic E-state index is 9.96. The second kappa shape index (κ2) is 6.56. The molecule has 1 heterocycles. The van der Waals surface area contributed by atoms with Gasteiger partial charge in [0.25, 0.3) is 0 Å². The molecule has 6 nitrogen and oxygen atoms in total. The summed E-state index contributed by atoms with van der Waals surface area (Å²) < 4.78 is 5.21. The molecule has 2 aliphatic rings. The summed E-state index contributed by atoms with van der Waals surface area (Å²) in [6.07, 6.45) is 1.98. The average molecular weight is 345 g/mol. The van der Waals surface area contributed by atoms with Crippen molar-refractivity contribution in [3.63, 3.8) is 0 Å². The van der Waals surface area contributed by atoms with Crippen molar-refractivity contribution < 1.29 is 4.74 Å². The number of methoxy groups -OCH3 is 1. The van der Waals surface area contributed by atoms with Gasteiger partial charge in [0, 0.05) is 24.9 Å². The monoisotopic (exact) mass is 345 g/mol. The van der Waals surface area contributed by atoms with E-state index in [0.717, 1.165) is 11.1 Å². The summed E-state index contributed by atoms with van der Waals surface area (Å²) >= 11 is 0. The van der Waals surface area contributed by atoms with E-state index in [2.05, 4.69) is 23.1 Å². The first-order valence-corrected chi connectivity index (χ1v) is 8.28. The first-order valence-electron chi connectivity index (χ1n) is 8.28. The van der Waals surface area contributed by atoms with Crippen LogP contribution >= 0.6 is 0 Å². The molecule has 26 heavy (non-hydrogen) atoms. The number of hydrogen-bond acceptors (Lipinski definition) is 6. The summed E-state index contributed by atoms with van der Waals surface area (Å²) in [7, 11) is 3.56. The summed E-state index contributed by atoms with van der Waals surface area (Å²) in [5.41, 5.74) is 6.66. The Morgan fingerprint density at radius 1 is 1.19 bits per heavy atom. The molecule has 2 atom stereocenters. The van der Waals surface area contributed by atoms with E-state index < -0.39 is 11.3 Å². The molecule has 0 radical (unpaired) electrons. The van der Waals surface area contributed by atoms with E-state index in [1.807, 2.05) is 37.4 Å². The van der Waals surface area contributed by atoms with E-state index >= 15 is 0 Å². The van der Waals surface area contributed by atoms with Crippen molar-refractivity contribution in [1.29, 1.82) is 15.8 Å². The number of hydrogen-bond donors (Lipinski definition) is 1. The van der Waals surface area contributed by atoms with Crippen LogP contribution in [-0.4, -0.2) is 32.1 Å². The minimum atomic E-state index is -1.58. The van der Waals surface area contributed by atoms with Crippen molar-refractivity contribution in [2.45, 2.75) is 5.92 Å². The molecular formula is C20H19N5O. The minimum Gasteiger partial charge on any atom is -0.497 e. The van der Waals surface area contributed by atoms with Crippen LogP contribution < -0.4 is 10.5 Å². The maximum Gasteiger partial charge on any atom is 0.191 e. The molecule has 3 rings (SSSR count). The molecule has 0 fully saturated rings. The lowest BCUT2D eigenvalue weighted by Crippen LogP contribution is -2.47. The molecule has 0 saturated heterocycles. The molecule has 0 aromatic heterocycles. The quantitative estimate of drug-likeness (QED) is 0.878. The summed E-state index contributed by atoms with van der Waals surface area (Å²) in [4.78, 5) is 2.11. The number of allylic oxidation sites excluding steroid dienone is 2. The Kier molecular flexibility index (Phi) is 4.43. The number of likely N-dealkylation sites (N-methyl/N-ethyl adjacent to an activating group) is 1. The van der Waals surface area contributed by atoms with Gasteiger partial charge in [-0.05, 0) is 30.3 Å². The number of fused-ring (bicyclic) bond motifs is 1. The number of rotatable bonds is 2. The Bertz CT molecular complexity index is 893. The van der Waals surface area contributed by atoms with Gasteiger partial charge < -0.3 is 15.4 Å². The molecule has 6 heteroatoms. The molecule has 1 aromatic rings. The SMILES string of the molecule is COc1ccc([C@@H]2[C@H]3CN(C)CC=C3C(C#N)=C(N)C2(C#N)C#N)cc1. The zero-order valence-electron chi connectivity index (χ0n) is 14.7. The van der Waals surface area contributed by atoms with E-state index in [1.54, 1.807) is 7.11 Å². The molecule has 1 aliphatic heterocycles. The standard InChI is InChI=1S/C20H19N5O/c1-25-8-7-15-16(9-21)19(24)20(11-22,12-23)18(17(15)10-25)13-3-5-14(26-2)6-4-13/h3-7,17-18H,8,10,24H2,1-2H3/t17-,18+/m0/s1. The Hall–Kier alpha value is -3.27. The topological polar surface area (TPSA) is 110 Å². The zero-order chi connectivity index (χ0) is 18.9. The van der Waals surface area contributed by atoms with Crippen LogP contribution in [0.3, 0.4) is 0 Å². The molecule has 2 N–H and O–H groups in total. The van der Waals surface area contributed by atoms with Crippen molar-refractivity contribution in [2.24, 2.45) is 17.1 Å². The highest BCUT2D eigenvalue weighted by molar-refractivity contribution is 5.59. The van der Waals surface area contributed by atoms with E-state index in [-0.39, 0.29) is 17.2 Å². The fourth-order valence-electron chi connectivity index (χ4n) is 4.01. The number of nitrogens with two attached hydrogens (primary N) is 1. The van der Waals surface area contributed by atoms with Crippen LogP contribution in [0, 0.1) is 45.3 Å². The first kappa shape index (κ1) is 17.5. The van der Waals surface area contributed by atoms with Crippen LogP contribution in [-0.2, 0) is 0 Å². The summed E-state index contributed by atoms with van der Waals surface area (Å²) in [6.45, 7) is 1.35. The molecule has 0 amide bonds. The van der Waals surface area contributed by atoms with E-state index in [4.69, 9.17) is 10.5 Å². The van der Waals surface area contributed by atoms with Crippen LogP contribution in [0.5, 0.6) is 5.75 Å². The van der Waals surface area contributed by atoms with Crippen molar-refractivity contribution in [2.75, 3.05) is 27.2 Å². The van der Waals surface area contributed by atoms with Gasteiger partial charge in [-0.2, -0.15) is 15.8 Å². The molecule has 0 unspecified atom stereocenters. The van der Waals surface area contributed by atoms with Crippen molar-refractivity contribution >= 4 is 0 Å². The van der Waals surface area contributed by atoms with Crippen molar-refractivity contribution in [1.82, 2.24) is 4.90 Å². The van der Waals surface area contributed by atoms with Gasteiger partial charge >= 0.3 is 0 Å². The van der Waals surface area contributed by atoms with Gasteiger partial charge in [-0.15, -0.1) is 0 Å². The first-order chi connectivity index (χ1) is 12.5. The predicted molar refractivity (Wildman–Crippen MR) is 95.3 cm³/mol. The third kappa shape index (κ3) is 2.42. The third-order valence-electron chi connectivity index (χ3n) is 5.32. The lowest BCUT2D eigenvalue weighted by atomic mass is 9.58. The lowest BCUT2D eigenvalue weighted by Gasteiger charge is -2.45. The Morgan fingerprint density at radius 3 is 2.38 bits per heavy atom. The highest BCUT2D eigenvalue weighted by Gasteiger charge is 2.54. The van der Waals surface area contributed by atoms with Gasteiger partial charge in [-0.25, -0.2) is 0 Å². The van der Waals surface area contributed by atoms with E-state index in [9.17, 15) is 15.8 Å². The molecule has 0 saturated carbocycles. The van der Waals surface area contributed by atoms with Gasteiger partial charge in [-0.1, -0.05) is 18.2 Å². The summed E-state index contributed by atoms with van der Waals surface area (Å²) in [6, 6.07) is 13.7. The fourth-order valence-corrected chi connectivity index (χ4v) is 4.01. The Labute approximate surface area is 153 Å². The second-order valence-electron chi connectivity index (χ2n) is 6.67. The number of nitriles is 3. The fraction of sp³-hybridized carbons (Fsp3) is 0.350. The van der Waals surface area contributed by atoms with E-state index in [1.165, 1.54) is 0 Å². The minimum absolute atomic E-state index is 0.0536. The highest BCUT2D eigenvalue weighted by atomic mass is 16.5. The lowest BCUT2D eigenvalue weighted by molar-refractivity contribution is 0.237. The highest BCUT2D eigenvalue weighted by Crippen LogP contribution is 2.54. The van der Waals surface area contributed by atoms with Crippen molar-refractivity contribution in [3.05, 3.63) is 52.7 Å². The second-order valence-corrected chi connectivity index (χ2v) is 6.67. The summed E-state index contributed by atoms with van der Waals surface area (Å²) in [5, 5.41) is 29.6. The van der Waals surface area contributed by atoms with Gasteiger partial charge in [-0.3, -0.25) is 0 Å². The van der Waals surface area contributed by atoms with E-state index in [0.29, 0.717) is 18.8 Å². The number of benzene rings is 1. The van der Waals surface area contributed by atoms with Gasteiger partial charge in [0.2, 0.25) is 0 Å². The van der Waals surface area contributed by atoms with Crippen molar-refractivity contribution in [3.8, 4) is 24.0 Å². The third-order valence-corrected chi connectivity index (χ3v) is 5.32. The molecule has 1 aliphatic carbocycles. The molecular weight excluding hydrogens is 326 g/mol. The van der Waals surface area contributed by atoms with Crippen LogP contribution in [0.2, 0.25) is 0 Å². The van der Waals surface area contributed by atoms with Gasteiger partial charge in [0.1, 0.15) is 11.8 Å². The zero-order valence-corrected chi connectivity index (χ0v) is 14.7. The maximum atomic E-state index is 9.96. The molecule has 130 valence electrons. The number of nitrogens with zero attached hydrogens (tertiary/aromatic N) is 4. The smallest absolute Gasteiger partial charge is 0.191 e. The summed E-state index contributed by atoms with van der Waals surface area (Å²) in [5.74, 6) is 0.0692. The van der Waals surface area contributed by atoms with Gasteiger partial charge in [0.15, 0.2) is 5.41 Å². The number of ether oxygens (including phenoxy) is 1. The molecule has 1 aromatic carbocycles. The van der Waals surface area contributed by atoms with Crippen LogP contribution in [0.15, 0.2) is 47.2 Å².